The summed E-state index contributed by atoms with van der Waals surface area (Å²) in [5, 5.41) is 0. The molecule has 1 heterocycles. The smallest absolute Gasteiger partial charge is 0.0974 e. The summed E-state index contributed by atoms with van der Waals surface area (Å²) >= 11 is 4.08. The minimum atomic E-state index is 0.897. The van der Waals surface area contributed by atoms with Gasteiger partial charge in [0.1, 0.15) is 0 Å². The maximum absolute atomic E-state index is 4.87. The number of hydrogen-bond acceptors (Lipinski definition) is 2. The van der Waals surface area contributed by atoms with Gasteiger partial charge in [0.25, 0.3) is 0 Å². The average Bonchev–Trinajstić information content (AvgIpc) is 2.41. The first-order valence-corrected chi connectivity index (χ1v) is 3.86. The predicted octanol–water partition coefficient (Wildman–Crippen LogP) is 2.61. The molecule has 1 nitrogen and oxygen atoms in total. The zero-order chi connectivity index (χ0) is 7.23. The highest BCUT2D eigenvalue weighted by molar-refractivity contribution is 7.80. The first-order valence-electron chi connectivity index (χ1n) is 3.23. The molecule has 0 saturated carbocycles. The Kier molecular flexibility index (Phi) is 3.16. The van der Waals surface area contributed by atoms with Crippen molar-refractivity contribution in [1.82, 2.24) is 0 Å². The van der Waals surface area contributed by atoms with Gasteiger partial charge in [-0.15, -0.1) is 0 Å². The molecule has 0 fully saturated rings. The lowest BCUT2D eigenvalue weighted by Gasteiger charge is -1.81. The lowest BCUT2D eigenvalue weighted by molar-refractivity contribution is 0.567. The van der Waals surface area contributed by atoms with E-state index >= 15 is 0 Å². The van der Waals surface area contributed by atoms with Gasteiger partial charge in [-0.3, -0.25) is 0 Å². The summed E-state index contributed by atoms with van der Waals surface area (Å²) in [5.41, 5.74) is 1.11. The fourth-order valence-electron chi connectivity index (χ4n) is 0.664. The minimum Gasteiger partial charge on any atom is -0.472 e. The molecule has 0 saturated heterocycles. The van der Waals surface area contributed by atoms with Gasteiger partial charge in [-0.25, -0.2) is 0 Å². The van der Waals surface area contributed by atoms with Crippen LogP contribution in [0, 0.1) is 0 Å². The summed E-state index contributed by atoms with van der Waals surface area (Å²) in [6.07, 6.45) is 8.50. The highest BCUT2D eigenvalue weighted by Crippen LogP contribution is 2.02. The van der Waals surface area contributed by atoms with E-state index in [-0.39, 0.29) is 0 Å². The normalized spacial score (nSPS) is 10.9. The van der Waals surface area contributed by atoms with E-state index in [1.165, 1.54) is 0 Å². The van der Waals surface area contributed by atoms with Crippen LogP contribution in [-0.4, -0.2) is 5.75 Å². The summed E-state index contributed by atoms with van der Waals surface area (Å²) in [5.74, 6) is 0.897. The monoisotopic (exact) mass is 154 g/mol. The molecule has 2 heteroatoms. The van der Waals surface area contributed by atoms with Crippen molar-refractivity contribution in [2.24, 2.45) is 0 Å². The van der Waals surface area contributed by atoms with Gasteiger partial charge in [0.2, 0.25) is 0 Å². The third-order valence-corrected chi connectivity index (χ3v) is 1.41. The maximum Gasteiger partial charge on any atom is 0.0974 e. The summed E-state index contributed by atoms with van der Waals surface area (Å²) in [6, 6.07) is 1.93. The van der Waals surface area contributed by atoms with Crippen molar-refractivity contribution in [2.45, 2.75) is 6.42 Å². The first kappa shape index (κ1) is 7.48. The Morgan fingerprint density at radius 2 is 2.50 bits per heavy atom. The van der Waals surface area contributed by atoms with Crippen LogP contribution in [0.1, 0.15) is 12.0 Å². The third kappa shape index (κ3) is 2.31. The van der Waals surface area contributed by atoms with Gasteiger partial charge in [-0.1, -0.05) is 12.2 Å². The van der Waals surface area contributed by atoms with Crippen LogP contribution in [0.15, 0.2) is 29.1 Å². The molecular formula is C8H10OS. The molecule has 0 amide bonds. The fraction of sp³-hybridized carbons (Fsp3) is 0.250. The summed E-state index contributed by atoms with van der Waals surface area (Å²) in [6.45, 7) is 0. The topological polar surface area (TPSA) is 13.1 Å². The van der Waals surface area contributed by atoms with Crippen LogP contribution < -0.4 is 0 Å². The second-order valence-electron chi connectivity index (χ2n) is 1.97. The molecule has 1 aromatic heterocycles. The highest BCUT2D eigenvalue weighted by Gasteiger charge is 1.83. The molecule has 0 spiro atoms. The van der Waals surface area contributed by atoms with E-state index in [1.54, 1.807) is 12.5 Å². The van der Waals surface area contributed by atoms with E-state index in [4.69, 9.17) is 4.42 Å². The Morgan fingerprint density at radius 3 is 3.10 bits per heavy atom. The highest BCUT2D eigenvalue weighted by atomic mass is 32.1. The number of thiol groups is 1. The zero-order valence-corrected chi connectivity index (χ0v) is 6.55. The van der Waals surface area contributed by atoms with Crippen molar-refractivity contribution in [3.8, 4) is 0 Å². The number of hydrogen-bond donors (Lipinski definition) is 1. The van der Waals surface area contributed by atoms with E-state index in [2.05, 4.69) is 18.7 Å². The van der Waals surface area contributed by atoms with Gasteiger partial charge in [-0.2, -0.15) is 12.6 Å². The first-order chi connectivity index (χ1) is 4.93. The van der Waals surface area contributed by atoms with Crippen molar-refractivity contribution >= 4 is 18.7 Å². The molecule has 0 aliphatic rings. The minimum absolute atomic E-state index is 0.897. The zero-order valence-electron chi connectivity index (χ0n) is 5.66. The number of allylic oxidation sites excluding steroid dienone is 1. The molecule has 0 N–H and O–H groups in total. The van der Waals surface area contributed by atoms with Crippen LogP contribution >= 0.6 is 12.6 Å². The van der Waals surface area contributed by atoms with Crippen molar-refractivity contribution in [3.63, 3.8) is 0 Å². The molecule has 54 valence electrons. The Balaban J connectivity index is 2.40. The molecule has 0 aliphatic heterocycles. The van der Waals surface area contributed by atoms with E-state index in [0.717, 1.165) is 17.7 Å². The van der Waals surface area contributed by atoms with E-state index in [1.807, 2.05) is 12.1 Å². The van der Waals surface area contributed by atoms with E-state index in [9.17, 15) is 0 Å². The SMILES string of the molecule is SCCC=Cc1ccoc1. The second-order valence-corrected chi connectivity index (χ2v) is 2.42. The second kappa shape index (κ2) is 4.23. The van der Waals surface area contributed by atoms with Crippen LogP contribution in [0.2, 0.25) is 0 Å². The summed E-state index contributed by atoms with van der Waals surface area (Å²) in [4.78, 5) is 0. The molecule has 0 aromatic carbocycles. The van der Waals surface area contributed by atoms with Crippen LogP contribution in [0.5, 0.6) is 0 Å². The van der Waals surface area contributed by atoms with Crippen molar-refractivity contribution < 1.29 is 4.42 Å². The van der Waals surface area contributed by atoms with Gasteiger partial charge in [0.15, 0.2) is 0 Å². The largest absolute Gasteiger partial charge is 0.472 e. The molecular weight excluding hydrogens is 144 g/mol. The van der Waals surface area contributed by atoms with Gasteiger partial charge < -0.3 is 4.42 Å². The van der Waals surface area contributed by atoms with E-state index in [0.29, 0.717) is 0 Å². The summed E-state index contributed by atoms with van der Waals surface area (Å²) < 4.78 is 4.87. The molecule has 0 radical (unpaired) electrons. The van der Waals surface area contributed by atoms with Crippen molar-refractivity contribution in [2.75, 3.05) is 5.75 Å². The van der Waals surface area contributed by atoms with Gasteiger partial charge in [-0.05, 0) is 18.2 Å². The van der Waals surface area contributed by atoms with Crippen molar-refractivity contribution in [3.05, 3.63) is 30.2 Å². The lowest BCUT2D eigenvalue weighted by atomic mass is 10.3. The molecule has 10 heavy (non-hydrogen) atoms. The quantitative estimate of drug-likeness (QED) is 0.660. The van der Waals surface area contributed by atoms with Gasteiger partial charge in [0, 0.05) is 5.56 Å². The fourth-order valence-corrected chi connectivity index (χ4v) is 0.813. The maximum atomic E-state index is 4.87. The Labute approximate surface area is 66.2 Å². The average molecular weight is 154 g/mol. The Morgan fingerprint density at radius 1 is 1.60 bits per heavy atom. The molecule has 0 aliphatic carbocycles. The van der Waals surface area contributed by atoms with Crippen LogP contribution in [0.25, 0.3) is 6.08 Å². The number of rotatable bonds is 3. The van der Waals surface area contributed by atoms with Crippen molar-refractivity contribution in [1.29, 1.82) is 0 Å². The van der Waals surface area contributed by atoms with E-state index < -0.39 is 0 Å². The predicted molar refractivity (Wildman–Crippen MR) is 46.2 cm³/mol. The van der Waals surface area contributed by atoms with Gasteiger partial charge >= 0.3 is 0 Å². The van der Waals surface area contributed by atoms with Crippen LogP contribution in [0.3, 0.4) is 0 Å². The molecule has 0 atom stereocenters. The lowest BCUT2D eigenvalue weighted by Crippen LogP contribution is -1.65. The molecule has 1 aromatic rings. The standard InChI is InChI=1S/C8H10OS/c10-6-2-1-3-8-4-5-9-7-8/h1,3-5,7,10H,2,6H2. The molecule has 0 unspecified atom stereocenters. The van der Waals surface area contributed by atoms with Crippen LogP contribution in [-0.2, 0) is 0 Å². The van der Waals surface area contributed by atoms with Gasteiger partial charge in [0.05, 0.1) is 12.5 Å². The van der Waals surface area contributed by atoms with Crippen LogP contribution in [0.4, 0.5) is 0 Å². The Bertz CT molecular complexity index is 189. The summed E-state index contributed by atoms with van der Waals surface area (Å²) in [7, 11) is 0. The Hall–Kier alpha value is -0.630. The third-order valence-electron chi connectivity index (χ3n) is 1.15. The molecule has 0 bridgehead atoms. The number of furan rings is 1. The molecule has 1 rings (SSSR count).